The standard InChI is InChI=1S/C21H24N4O2S/c1-5-24(6-2)20(27)16-8-7-9-17(12-16)23-19(26)11-10-18-15(4)22-21-25(18)13-14(3)28-21/h7-13H,5-6H2,1-4H3,(H,23,26)/b11-10+. The van der Waals surface area contributed by atoms with Crippen LogP contribution in [0.5, 0.6) is 0 Å². The lowest BCUT2D eigenvalue weighted by atomic mass is 10.1. The number of anilines is 1. The lowest BCUT2D eigenvalue weighted by molar-refractivity contribution is -0.111. The van der Waals surface area contributed by atoms with Crippen LogP contribution >= 0.6 is 11.3 Å². The molecule has 2 amide bonds. The number of rotatable bonds is 6. The molecule has 0 radical (unpaired) electrons. The molecule has 28 heavy (non-hydrogen) atoms. The first-order valence-corrected chi connectivity index (χ1v) is 10.1. The average molecular weight is 397 g/mol. The minimum Gasteiger partial charge on any atom is -0.339 e. The summed E-state index contributed by atoms with van der Waals surface area (Å²) in [6, 6.07) is 7.01. The second-order valence-electron chi connectivity index (χ2n) is 6.46. The number of imidazole rings is 1. The number of hydrogen-bond acceptors (Lipinski definition) is 4. The van der Waals surface area contributed by atoms with Crippen LogP contribution in [0.4, 0.5) is 5.69 Å². The second kappa shape index (κ2) is 8.39. The second-order valence-corrected chi connectivity index (χ2v) is 7.67. The Morgan fingerprint density at radius 3 is 2.71 bits per heavy atom. The summed E-state index contributed by atoms with van der Waals surface area (Å²) in [5.41, 5.74) is 2.92. The van der Waals surface area contributed by atoms with Gasteiger partial charge < -0.3 is 10.2 Å². The highest BCUT2D eigenvalue weighted by Gasteiger charge is 2.13. The van der Waals surface area contributed by atoms with Crippen LogP contribution in [0.15, 0.2) is 36.5 Å². The van der Waals surface area contributed by atoms with E-state index >= 15 is 0 Å². The molecule has 7 heteroatoms. The molecule has 2 heterocycles. The number of nitrogens with one attached hydrogen (secondary N) is 1. The van der Waals surface area contributed by atoms with Crippen molar-refractivity contribution < 1.29 is 9.59 Å². The Kier molecular flexibility index (Phi) is 5.94. The summed E-state index contributed by atoms with van der Waals surface area (Å²) in [6.07, 6.45) is 5.27. The van der Waals surface area contributed by atoms with Crippen molar-refractivity contribution in [1.82, 2.24) is 14.3 Å². The molecule has 0 aliphatic carbocycles. The molecule has 0 spiro atoms. The summed E-state index contributed by atoms with van der Waals surface area (Å²) in [4.78, 5) is 33.2. The Labute approximate surface area is 168 Å². The van der Waals surface area contributed by atoms with E-state index in [1.165, 1.54) is 6.08 Å². The molecule has 0 bridgehead atoms. The van der Waals surface area contributed by atoms with Gasteiger partial charge in [0.15, 0.2) is 4.96 Å². The van der Waals surface area contributed by atoms with Crippen molar-refractivity contribution in [3.8, 4) is 0 Å². The van der Waals surface area contributed by atoms with E-state index in [1.807, 2.05) is 38.3 Å². The topological polar surface area (TPSA) is 66.7 Å². The fourth-order valence-electron chi connectivity index (χ4n) is 3.04. The van der Waals surface area contributed by atoms with Crippen molar-refractivity contribution in [2.24, 2.45) is 0 Å². The highest BCUT2D eigenvalue weighted by Crippen LogP contribution is 2.21. The lowest BCUT2D eigenvalue weighted by Crippen LogP contribution is -2.30. The molecule has 3 aromatic rings. The Morgan fingerprint density at radius 1 is 1.25 bits per heavy atom. The Hall–Kier alpha value is -2.93. The van der Waals surface area contributed by atoms with Gasteiger partial charge in [-0.05, 0) is 52.0 Å². The molecule has 1 aromatic carbocycles. The van der Waals surface area contributed by atoms with Gasteiger partial charge in [-0.2, -0.15) is 0 Å². The van der Waals surface area contributed by atoms with E-state index in [0.717, 1.165) is 21.2 Å². The normalized spacial score (nSPS) is 11.3. The molecule has 2 aromatic heterocycles. The van der Waals surface area contributed by atoms with Crippen molar-refractivity contribution in [3.63, 3.8) is 0 Å². The van der Waals surface area contributed by atoms with Gasteiger partial charge in [0.25, 0.3) is 5.91 Å². The smallest absolute Gasteiger partial charge is 0.253 e. The number of amides is 2. The van der Waals surface area contributed by atoms with Crippen molar-refractivity contribution in [2.75, 3.05) is 18.4 Å². The van der Waals surface area contributed by atoms with Crippen LogP contribution in [-0.2, 0) is 4.79 Å². The van der Waals surface area contributed by atoms with Gasteiger partial charge in [0.05, 0.1) is 11.4 Å². The third kappa shape index (κ3) is 4.14. The molecule has 3 rings (SSSR count). The molecule has 1 N–H and O–H groups in total. The SMILES string of the molecule is CCN(CC)C(=O)c1cccc(NC(=O)/C=C/c2c(C)nc3sc(C)cn23)c1. The summed E-state index contributed by atoms with van der Waals surface area (Å²) < 4.78 is 1.99. The molecule has 0 unspecified atom stereocenters. The van der Waals surface area contributed by atoms with Crippen molar-refractivity contribution in [2.45, 2.75) is 27.7 Å². The van der Waals surface area contributed by atoms with Crippen LogP contribution in [0.25, 0.3) is 11.0 Å². The van der Waals surface area contributed by atoms with Gasteiger partial charge in [-0.1, -0.05) is 6.07 Å². The number of benzene rings is 1. The third-order valence-electron chi connectivity index (χ3n) is 4.48. The zero-order valence-electron chi connectivity index (χ0n) is 16.5. The van der Waals surface area contributed by atoms with E-state index in [2.05, 4.69) is 10.3 Å². The largest absolute Gasteiger partial charge is 0.339 e. The molecule has 0 atom stereocenters. The molecular weight excluding hydrogens is 372 g/mol. The van der Waals surface area contributed by atoms with Gasteiger partial charge in [-0.15, -0.1) is 11.3 Å². The van der Waals surface area contributed by atoms with Crippen molar-refractivity contribution in [1.29, 1.82) is 0 Å². The van der Waals surface area contributed by atoms with Crippen LogP contribution in [0.1, 0.15) is 40.5 Å². The summed E-state index contributed by atoms with van der Waals surface area (Å²) in [5.74, 6) is -0.296. The minimum atomic E-state index is -0.256. The summed E-state index contributed by atoms with van der Waals surface area (Å²) in [7, 11) is 0. The van der Waals surface area contributed by atoms with Crippen LogP contribution < -0.4 is 5.32 Å². The van der Waals surface area contributed by atoms with E-state index in [4.69, 9.17) is 0 Å². The maximum Gasteiger partial charge on any atom is 0.253 e. The molecule has 0 aliphatic heterocycles. The number of aryl methyl sites for hydroxylation is 2. The Morgan fingerprint density at radius 2 is 2.00 bits per heavy atom. The number of thiazole rings is 1. The lowest BCUT2D eigenvalue weighted by Gasteiger charge is -2.18. The fourth-order valence-corrected chi connectivity index (χ4v) is 3.92. The molecule has 0 saturated carbocycles. The van der Waals surface area contributed by atoms with E-state index in [0.29, 0.717) is 24.3 Å². The van der Waals surface area contributed by atoms with Crippen LogP contribution in [0.3, 0.4) is 0 Å². The van der Waals surface area contributed by atoms with E-state index in [9.17, 15) is 9.59 Å². The monoisotopic (exact) mass is 396 g/mol. The van der Waals surface area contributed by atoms with Gasteiger partial charge in [0.2, 0.25) is 5.91 Å². The number of hydrogen-bond donors (Lipinski definition) is 1. The Balaban J connectivity index is 1.74. The van der Waals surface area contributed by atoms with Gasteiger partial charge in [0.1, 0.15) is 0 Å². The van der Waals surface area contributed by atoms with E-state index in [-0.39, 0.29) is 11.8 Å². The van der Waals surface area contributed by atoms with E-state index in [1.54, 1.807) is 46.6 Å². The molecule has 0 fully saturated rings. The number of fused-ring (bicyclic) bond motifs is 1. The number of nitrogens with zero attached hydrogens (tertiary/aromatic N) is 3. The zero-order valence-corrected chi connectivity index (χ0v) is 17.3. The number of aromatic nitrogens is 2. The average Bonchev–Trinajstić information content (AvgIpc) is 3.15. The quantitative estimate of drug-likeness (QED) is 0.637. The first-order valence-electron chi connectivity index (χ1n) is 9.26. The summed E-state index contributed by atoms with van der Waals surface area (Å²) >= 11 is 1.62. The van der Waals surface area contributed by atoms with Crippen LogP contribution in [0.2, 0.25) is 0 Å². The fraction of sp³-hybridized carbons (Fsp3) is 0.286. The number of carbonyl (C=O) groups excluding carboxylic acids is 2. The summed E-state index contributed by atoms with van der Waals surface area (Å²) in [5, 5.41) is 2.82. The van der Waals surface area contributed by atoms with Crippen molar-refractivity contribution >= 4 is 39.9 Å². The maximum atomic E-state index is 12.5. The molecule has 6 nitrogen and oxygen atoms in total. The first kappa shape index (κ1) is 19.8. The van der Waals surface area contributed by atoms with Gasteiger partial charge in [-0.25, -0.2) is 4.98 Å². The van der Waals surface area contributed by atoms with Crippen LogP contribution in [-0.4, -0.2) is 39.2 Å². The Bertz CT molecular complexity index is 1040. The number of carbonyl (C=O) groups is 2. The molecule has 0 aliphatic rings. The first-order chi connectivity index (χ1) is 13.4. The molecular formula is C21H24N4O2S. The zero-order chi connectivity index (χ0) is 20.3. The third-order valence-corrected chi connectivity index (χ3v) is 5.38. The highest BCUT2D eigenvalue weighted by atomic mass is 32.1. The van der Waals surface area contributed by atoms with Crippen molar-refractivity contribution in [3.05, 3.63) is 58.4 Å². The minimum absolute atomic E-state index is 0.0401. The van der Waals surface area contributed by atoms with Gasteiger partial charge in [-0.3, -0.25) is 14.0 Å². The predicted molar refractivity (Wildman–Crippen MR) is 114 cm³/mol. The highest BCUT2D eigenvalue weighted by molar-refractivity contribution is 7.17. The predicted octanol–water partition coefficient (Wildman–Crippen LogP) is 4.15. The van der Waals surface area contributed by atoms with Gasteiger partial charge >= 0.3 is 0 Å². The van der Waals surface area contributed by atoms with Gasteiger partial charge in [0, 0.05) is 41.5 Å². The molecule has 146 valence electrons. The van der Waals surface area contributed by atoms with E-state index < -0.39 is 0 Å². The summed E-state index contributed by atoms with van der Waals surface area (Å²) in [6.45, 7) is 9.15. The maximum absolute atomic E-state index is 12.5. The molecule has 0 saturated heterocycles. The van der Waals surface area contributed by atoms with Crippen LogP contribution in [0, 0.1) is 13.8 Å².